The number of para-hydroxylation sites is 1. The van der Waals surface area contributed by atoms with E-state index in [-0.39, 0.29) is 52.8 Å². The van der Waals surface area contributed by atoms with Crippen molar-refractivity contribution in [3.05, 3.63) is 30.3 Å². The van der Waals surface area contributed by atoms with Gasteiger partial charge in [0.15, 0.2) is 0 Å². The third kappa shape index (κ3) is 12.4. The Bertz CT molecular complexity index is 242. The Hall–Kier alpha value is 0.326. The van der Waals surface area contributed by atoms with Crippen molar-refractivity contribution in [2.75, 3.05) is 6.61 Å². The van der Waals surface area contributed by atoms with Crippen LogP contribution in [0.1, 0.15) is 34.5 Å². The van der Waals surface area contributed by atoms with E-state index in [1.165, 1.54) is 6.42 Å². The second-order valence-electron chi connectivity index (χ2n) is 3.09. The largest absolute Gasteiger partial charge is 1.00 e. The fourth-order valence-electron chi connectivity index (χ4n) is 0.851. The Morgan fingerprint density at radius 3 is 2.25 bits per heavy atom. The first-order chi connectivity index (χ1) is 7.35. The van der Waals surface area contributed by atoms with E-state index in [0.29, 0.717) is 6.42 Å². The monoisotopic (exact) mass is 248 g/mol. The maximum Gasteiger partial charge on any atom is 1.00 e. The number of hydrogen-bond acceptors (Lipinski definition) is 2. The van der Waals surface area contributed by atoms with E-state index in [2.05, 4.69) is 6.92 Å². The molecule has 0 spiro atoms. The van der Waals surface area contributed by atoms with Crippen LogP contribution in [0.3, 0.4) is 0 Å². The third-order valence-corrected chi connectivity index (χ3v) is 1.68. The molecule has 86 valence electrons. The topological polar surface area (TPSA) is 26.3 Å². The molecule has 0 saturated heterocycles. The van der Waals surface area contributed by atoms with E-state index in [0.717, 1.165) is 25.1 Å². The summed E-state index contributed by atoms with van der Waals surface area (Å²) >= 11 is 0. The fraction of sp³-hybridized carbons (Fsp3) is 0.462. The van der Waals surface area contributed by atoms with E-state index in [1.807, 2.05) is 37.3 Å². The maximum atomic E-state index is 9.17. The molecule has 0 aliphatic rings. The van der Waals surface area contributed by atoms with E-state index >= 15 is 0 Å². The molecule has 0 radical (unpaired) electrons. The first-order valence-corrected chi connectivity index (χ1v) is 5.46. The minimum atomic E-state index is 0. The molecule has 0 aromatic heterocycles. The van der Waals surface area contributed by atoms with Gasteiger partial charge in [0, 0.05) is 6.42 Å². The van der Waals surface area contributed by atoms with Crippen molar-refractivity contribution in [1.29, 1.82) is 0 Å². The van der Waals surface area contributed by atoms with Gasteiger partial charge in [-0.05, 0) is 18.6 Å². The molecule has 16 heavy (non-hydrogen) atoms. The number of carbonyl (C=O) groups is 1. The molecule has 0 fully saturated rings. The summed E-state index contributed by atoms with van der Waals surface area (Å²) in [7, 11) is 0. The van der Waals surface area contributed by atoms with E-state index < -0.39 is 0 Å². The number of benzene rings is 1. The molecule has 0 amide bonds. The number of rotatable bonds is 5. The molecule has 0 bridgehead atoms. The number of aldehydes is 1. The molecule has 0 heterocycles. The predicted octanol–water partition coefficient (Wildman–Crippen LogP) is 0.577. The Morgan fingerprint density at radius 1 is 1.25 bits per heavy atom. The van der Waals surface area contributed by atoms with E-state index in [1.54, 1.807) is 0 Å². The van der Waals surface area contributed by atoms with Crippen molar-refractivity contribution in [1.82, 2.24) is 0 Å². The molecule has 1 aromatic rings. The smallest absolute Gasteiger partial charge is 1.00 e. The van der Waals surface area contributed by atoms with Gasteiger partial charge in [0.05, 0.1) is 6.61 Å². The summed E-state index contributed by atoms with van der Waals surface area (Å²) in [4.78, 5) is 9.17. The SMILES string of the molecule is CCC=O.CCCCOc1ccccc1.[H-].[K+]. The molecule has 0 unspecified atom stereocenters. The number of unbranched alkanes of at least 4 members (excludes halogenated alkanes) is 1. The summed E-state index contributed by atoms with van der Waals surface area (Å²) < 4.78 is 5.45. The number of ether oxygens (including phenoxy) is 1. The van der Waals surface area contributed by atoms with Crippen LogP contribution in [0, 0.1) is 0 Å². The van der Waals surface area contributed by atoms with Crippen LogP contribution in [0.25, 0.3) is 0 Å². The van der Waals surface area contributed by atoms with Crippen LogP contribution >= 0.6 is 0 Å². The van der Waals surface area contributed by atoms with Crippen LogP contribution in [0.15, 0.2) is 30.3 Å². The quantitative estimate of drug-likeness (QED) is 0.433. The van der Waals surface area contributed by atoms with Crippen molar-refractivity contribution in [3.8, 4) is 5.75 Å². The summed E-state index contributed by atoms with van der Waals surface area (Å²) in [6.45, 7) is 4.81. The standard InChI is InChI=1S/C10H14O.C3H6O.K.H/c1-2-3-9-11-10-7-5-4-6-8-10;1-2-3-4;;/h4-8H,2-3,9H2,1H3;3H,2H2,1H3;;/q;;+1;-1. The summed E-state index contributed by atoms with van der Waals surface area (Å²) in [5.41, 5.74) is 0. The molecular weight excluding hydrogens is 227 g/mol. The van der Waals surface area contributed by atoms with Crippen molar-refractivity contribution in [2.45, 2.75) is 33.1 Å². The van der Waals surface area contributed by atoms with Gasteiger partial charge in [-0.3, -0.25) is 0 Å². The van der Waals surface area contributed by atoms with Gasteiger partial charge in [0.2, 0.25) is 0 Å². The second-order valence-corrected chi connectivity index (χ2v) is 3.09. The van der Waals surface area contributed by atoms with Crippen LogP contribution in [0.2, 0.25) is 0 Å². The zero-order chi connectivity index (χ0) is 11.4. The van der Waals surface area contributed by atoms with Crippen molar-refractivity contribution >= 4 is 6.29 Å². The predicted molar refractivity (Wildman–Crippen MR) is 64.3 cm³/mol. The van der Waals surface area contributed by atoms with Crippen molar-refractivity contribution in [2.24, 2.45) is 0 Å². The minimum absolute atomic E-state index is 0. The van der Waals surface area contributed by atoms with Gasteiger partial charge in [-0.2, -0.15) is 0 Å². The van der Waals surface area contributed by atoms with Gasteiger partial charge in [-0.15, -0.1) is 0 Å². The average Bonchev–Trinajstić information content (AvgIpc) is 2.31. The van der Waals surface area contributed by atoms with Gasteiger partial charge in [-0.25, -0.2) is 0 Å². The second kappa shape index (κ2) is 15.3. The Morgan fingerprint density at radius 2 is 1.81 bits per heavy atom. The third-order valence-electron chi connectivity index (χ3n) is 1.68. The maximum absolute atomic E-state index is 9.17. The molecule has 1 aromatic carbocycles. The molecule has 0 saturated carbocycles. The van der Waals surface area contributed by atoms with Gasteiger partial charge >= 0.3 is 51.4 Å². The molecule has 0 aliphatic heterocycles. The molecule has 2 nitrogen and oxygen atoms in total. The molecule has 0 N–H and O–H groups in total. The first kappa shape index (κ1) is 18.7. The number of hydrogen-bond donors (Lipinski definition) is 0. The molecule has 3 heteroatoms. The van der Waals surface area contributed by atoms with Gasteiger partial charge in [-0.1, -0.05) is 38.5 Å². The zero-order valence-electron chi connectivity index (χ0n) is 11.6. The average molecular weight is 248 g/mol. The fourth-order valence-corrected chi connectivity index (χ4v) is 0.851. The van der Waals surface area contributed by atoms with Gasteiger partial charge in [0.1, 0.15) is 12.0 Å². The van der Waals surface area contributed by atoms with Crippen LogP contribution in [-0.2, 0) is 4.79 Å². The van der Waals surface area contributed by atoms with Crippen LogP contribution in [-0.4, -0.2) is 12.9 Å². The normalized spacial score (nSPS) is 8.12. The minimum Gasteiger partial charge on any atom is -1.00 e. The molecule has 0 atom stereocenters. The zero-order valence-corrected chi connectivity index (χ0v) is 13.7. The summed E-state index contributed by atoms with van der Waals surface area (Å²) in [5, 5.41) is 0. The Kier molecular flexibility index (Phi) is 17.9. The van der Waals surface area contributed by atoms with E-state index in [9.17, 15) is 4.79 Å². The molecular formula is C13H21KO2. The van der Waals surface area contributed by atoms with Crippen LogP contribution in [0.5, 0.6) is 5.75 Å². The first-order valence-electron chi connectivity index (χ1n) is 5.46. The van der Waals surface area contributed by atoms with Crippen molar-refractivity contribution in [3.63, 3.8) is 0 Å². The Labute approximate surface area is 143 Å². The van der Waals surface area contributed by atoms with Crippen LogP contribution in [0.4, 0.5) is 0 Å². The van der Waals surface area contributed by atoms with E-state index in [4.69, 9.17) is 4.74 Å². The summed E-state index contributed by atoms with van der Waals surface area (Å²) in [6.07, 6.45) is 3.84. The van der Waals surface area contributed by atoms with Crippen LogP contribution < -0.4 is 56.1 Å². The number of carbonyl (C=O) groups excluding carboxylic acids is 1. The van der Waals surface area contributed by atoms with Crippen molar-refractivity contribution < 1.29 is 62.3 Å². The Balaban J connectivity index is -0.000000289. The summed E-state index contributed by atoms with van der Waals surface area (Å²) in [6, 6.07) is 9.93. The van der Waals surface area contributed by atoms with Gasteiger partial charge < -0.3 is 11.0 Å². The summed E-state index contributed by atoms with van der Waals surface area (Å²) in [5.74, 6) is 0.973. The van der Waals surface area contributed by atoms with Gasteiger partial charge in [0.25, 0.3) is 0 Å². The molecule has 0 aliphatic carbocycles. The molecule has 1 rings (SSSR count).